The molecule has 0 fully saturated rings. The number of amides is 1. The molecule has 1 amide bonds. The summed E-state index contributed by atoms with van der Waals surface area (Å²) in [5, 5.41) is 6.33. The van der Waals surface area contributed by atoms with E-state index in [9.17, 15) is 18.4 Å². The lowest BCUT2D eigenvalue weighted by atomic mass is 10.0. The molecule has 2 heterocycles. The summed E-state index contributed by atoms with van der Waals surface area (Å²) >= 11 is 0. The number of H-pyrrole nitrogens is 1. The molecule has 0 radical (unpaired) electrons. The molecule has 0 aliphatic carbocycles. The molecule has 4 rings (SSSR count). The van der Waals surface area contributed by atoms with Gasteiger partial charge in [-0.25, -0.2) is 18.9 Å². The van der Waals surface area contributed by atoms with Gasteiger partial charge >= 0.3 is 0 Å². The van der Waals surface area contributed by atoms with Gasteiger partial charge in [-0.1, -0.05) is 0 Å². The van der Waals surface area contributed by atoms with Gasteiger partial charge in [-0.05, 0) is 37.3 Å². The van der Waals surface area contributed by atoms with Gasteiger partial charge < -0.3 is 9.32 Å². The molecular formula is C19H14F2N4O3. The fraction of sp³-hybridized carbons (Fsp3) is 0.158. The first-order valence-electron chi connectivity index (χ1n) is 8.34. The molecule has 0 aliphatic heterocycles. The van der Waals surface area contributed by atoms with Crippen LogP contribution in [0.25, 0.3) is 21.9 Å². The molecule has 0 spiro atoms. The summed E-state index contributed by atoms with van der Waals surface area (Å²) < 4.78 is 32.5. The van der Waals surface area contributed by atoms with Gasteiger partial charge in [-0.15, -0.1) is 0 Å². The Labute approximate surface area is 156 Å². The molecule has 2 aromatic heterocycles. The monoisotopic (exact) mass is 384 g/mol. The van der Waals surface area contributed by atoms with Crippen molar-refractivity contribution in [2.24, 2.45) is 0 Å². The molecule has 142 valence electrons. The lowest BCUT2D eigenvalue weighted by molar-refractivity contribution is 0.0740. The Morgan fingerprint density at radius 2 is 1.89 bits per heavy atom. The van der Waals surface area contributed by atoms with Crippen molar-refractivity contribution in [2.75, 3.05) is 7.05 Å². The summed E-state index contributed by atoms with van der Waals surface area (Å²) in [4.78, 5) is 30.2. The molecule has 4 aromatic rings. The summed E-state index contributed by atoms with van der Waals surface area (Å²) in [7, 11) is 1.55. The number of fused-ring (bicyclic) bond motifs is 2. The molecule has 1 unspecified atom stereocenters. The summed E-state index contributed by atoms with van der Waals surface area (Å²) in [6.07, 6.45) is 1.29. The van der Waals surface area contributed by atoms with Crippen LogP contribution in [0.2, 0.25) is 0 Å². The van der Waals surface area contributed by atoms with Crippen molar-refractivity contribution in [3.63, 3.8) is 0 Å². The van der Waals surface area contributed by atoms with E-state index in [2.05, 4.69) is 15.2 Å². The minimum absolute atomic E-state index is 0.0420. The quantitative estimate of drug-likeness (QED) is 0.586. The van der Waals surface area contributed by atoms with Crippen molar-refractivity contribution in [3.05, 3.63) is 70.0 Å². The fourth-order valence-corrected chi connectivity index (χ4v) is 3.05. The van der Waals surface area contributed by atoms with Crippen LogP contribution < -0.4 is 5.56 Å². The Morgan fingerprint density at radius 1 is 1.18 bits per heavy atom. The van der Waals surface area contributed by atoms with Gasteiger partial charge in [-0.3, -0.25) is 9.59 Å². The molecular weight excluding hydrogens is 370 g/mol. The summed E-state index contributed by atoms with van der Waals surface area (Å²) in [6, 6.07) is 5.95. The van der Waals surface area contributed by atoms with Crippen LogP contribution in [0.4, 0.5) is 8.78 Å². The third-order valence-electron chi connectivity index (χ3n) is 4.73. The molecule has 0 saturated heterocycles. The van der Waals surface area contributed by atoms with Gasteiger partial charge in [0.1, 0.15) is 5.52 Å². The molecule has 2 aromatic carbocycles. The zero-order valence-electron chi connectivity index (χ0n) is 14.9. The highest BCUT2D eigenvalue weighted by Gasteiger charge is 2.24. The smallest absolute Gasteiger partial charge is 0.272 e. The lowest BCUT2D eigenvalue weighted by Gasteiger charge is -2.25. The zero-order valence-corrected chi connectivity index (χ0v) is 14.9. The van der Waals surface area contributed by atoms with Crippen molar-refractivity contribution >= 4 is 27.8 Å². The Balaban J connectivity index is 1.75. The lowest BCUT2D eigenvalue weighted by Crippen LogP contribution is -2.31. The van der Waals surface area contributed by atoms with Crippen LogP contribution in [0.3, 0.4) is 0 Å². The number of hydrogen-bond acceptors (Lipinski definition) is 5. The van der Waals surface area contributed by atoms with Crippen LogP contribution in [0.1, 0.15) is 29.0 Å². The highest BCUT2D eigenvalue weighted by molar-refractivity contribution is 5.97. The number of nitrogens with one attached hydrogen (secondary N) is 1. The molecule has 28 heavy (non-hydrogen) atoms. The van der Waals surface area contributed by atoms with E-state index >= 15 is 0 Å². The SMILES string of the molecule is CC(c1n[nH]c(=O)c2cc(F)c(F)cc12)N(C)C(=O)c1ccc2ncoc2c1. The normalized spacial score (nSPS) is 12.4. The predicted octanol–water partition coefficient (Wildman–Crippen LogP) is 3.18. The largest absolute Gasteiger partial charge is 0.443 e. The second kappa shape index (κ2) is 6.52. The Bertz CT molecular complexity index is 1280. The summed E-state index contributed by atoms with van der Waals surface area (Å²) in [6.45, 7) is 1.67. The maximum Gasteiger partial charge on any atom is 0.272 e. The van der Waals surface area contributed by atoms with Crippen LogP contribution >= 0.6 is 0 Å². The molecule has 0 saturated carbocycles. The molecule has 1 atom stereocenters. The second-order valence-electron chi connectivity index (χ2n) is 6.38. The predicted molar refractivity (Wildman–Crippen MR) is 96.8 cm³/mol. The van der Waals surface area contributed by atoms with E-state index in [-0.39, 0.29) is 22.4 Å². The number of benzene rings is 2. The second-order valence-corrected chi connectivity index (χ2v) is 6.38. The highest BCUT2D eigenvalue weighted by Crippen LogP contribution is 2.26. The first-order chi connectivity index (χ1) is 13.4. The molecule has 7 nitrogen and oxygen atoms in total. The average molecular weight is 384 g/mol. The van der Waals surface area contributed by atoms with E-state index in [0.29, 0.717) is 16.7 Å². The molecule has 1 N–H and O–H groups in total. The topological polar surface area (TPSA) is 92.1 Å². The maximum absolute atomic E-state index is 13.8. The minimum atomic E-state index is -1.13. The van der Waals surface area contributed by atoms with Gasteiger partial charge in [0.05, 0.1) is 17.1 Å². The number of hydrogen-bond donors (Lipinski definition) is 1. The van der Waals surface area contributed by atoms with Gasteiger partial charge in [0.2, 0.25) is 0 Å². The van der Waals surface area contributed by atoms with Crippen LogP contribution in [0, 0.1) is 11.6 Å². The van der Waals surface area contributed by atoms with Gasteiger partial charge in [0, 0.05) is 18.0 Å². The van der Waals surface area contributed by atoms with Crippen LogP contribution in [-0.4, -0.2) is 33.0 Å². The van der Waals surface area contributed by atoms with Gasteiger partial charge in [0.15, 0.2) is 23.6 Å². The van der Waals surface area contributed by atoms with E-state index in [4.69, 9.17) is 4.42 Å². The first-order valence-corrected chi connectivity index (χ1v) is 8.34. The average Bonchev–Trinajstić information content (AvgIpc) is 3.16. The van der Waals surface area contributed by atoms with Crippen molar-refractivity contribution < 1.29 is 18.0 Å². The molecule has 0 bridgehead atoms. The van der Waals surface area contributed by atoms with Crippen molar-refractivity contribution in [1.82, 2.24) is 20.1 Å². The van der Waals surface area contributed by atoms with Gasteiger partial charge in [0.25, 0.3) is 11.5 Å². The Morgan fingerprint density at radius 3 is 2.64 bits per heavy atom. The standard InChI is InChI=1S/C19H14F2N4O3/c1-9(17-11-6-13(20)14(21)7-12(11)18(26)24-23-17)25(2)19(27)10-3-4-15-16(5-10)28-8-22-15/h3-9H,1-2H3,(H,24,26). The number of nitrogens with zero attached hydrogens (tertiary/aromatic N) is 3. The number of carbonyl (C=O) groups excluding carboxylic acids is 1. The van der Waals surface area contributed by atoms with Crippen molar-refractivity contribution in [1.29, 1.82) is 0 Å². The number of carbonyl (C=O) groups is 1. The van der Waals surface area contributed by atoms with E-state index in [1.165, 1.54) is 11.3 Å². The van der Waals surface area contributed by atoms with Crippen LogP contribution in [0.5, 0.6) is 0 Å². The Hall–Kier alpha value is -3.62. The first kappa shape index (κ1) is 17.8. The Kier molecular flexibility index (Phi) is 4.14. The molecule has 0 aliphatic rings. The fourth-order valence-electron chi connectivity index (χ4n) is 3.05. The zero-order chi connectivity index (χ0) is 20.0. The number of aromatic amines is 1. The summed E-state index contributed by atoms with van der Waals surface area (Å²) in [5.41, 5.74) is 1.05. The van der Waals surface area contributed by atoms with Crippen molar-refractivity contribution in [2.45, 2.75) is 13.0 Å². The number of rotatable bonds is 3. The molecule has 9 heteroatoms. The maximum atomic E-state index is 13.8. The van der Waals surface area contributed by atoms with Crippen LogP contribution in [-0.2, 0) is 0 Å². The number of aromatic nitrogens is 3. The minimum Gasteiger partial charge on any atom is -0.443 e. The van der Waals surface area contributed by atoms with Crippen LogP contribution in [0.15, 0.2) is 45.9 Å². The number of oxazole rings is 1. The van der Waals surface area contributed by atoms with Gasteiger partial charge in [-0.2, -0.15) is 5.10 Å². The van der Waals surface area contributed by atoms with E-state index < -0.39 is 23.2 Å². The number of halogens is 2. The summed E-state index contributed by atoms with van der Waals surface area (Å²) in [5.74, 6) is -2.57. The highest BCUT2D eigenvalue weighted by atomic mass is 19.2. The van der Waals surface area contributed by atoms with Crippen molar-refractivity contribution in [3.8, 4) is 0 Å². The van der Waals surface area contributed by atoms with E-state index in [1.54, 1.807) is 32.2 Å². The third-order valence-corrected chi connectivity index (χ3v) is 4.73. The third kappa shape index (κ3) is 2.81. The van der Waals surface area contributed by atoms with E-state index in [1.807, 2.05) is 0 Å². The van der Waals surface area contributed by atoms with E-state index in [0.717, 1.165) is 12.1 Å².